The third-order valence-electron chi connectivity index (χ3n) is 2.38. The predicted octanol–water partition coefficient (Wildman–Crippen LogP) is 2.05. The normalized spacial score (nSPS) is 10.2. The molecule has 98 valence electrons. The van der Waals surface area contributed by atoms with Crippen LogP contribution in [0, 0.1) is 10.1 Å². The molecule has 1 aromatic carbocycles. The van der Waals surface area contributed by atoms with Crippen LogP contribution < -0.4 is 10.9 Å². The van der Waals surface area contributed by atoms with Gasteiger partial charge in [-0.1, -0.05) is 12.1 Å². The molecule has 1 heterocycles. The number of nitro groups is 1. The van der Waals surface area contributed by atoms with Crippen LogP contribution in [-0.2, 0) is 6.54 Å². The number of nitrogens with one attached hydrogen (secondary N) is 2. The Bertz CT molecular complexity index is 671. The van der Waals surface area contributed by atoms with Gasteiger partial charge in [-0.25, -0.2) is 4.98 Å². The molecule has 0 aliphatic carbocycles. The maximum atomic E-state index is 11.3. The highest BCUT2D eigenvalue weighted by atomic mass is 79.9. The molecular formula is C11H9BrN4O3. The lowest BCUT2D eigenvalue weighted by Crippen LogP contribution is -2.12. The van der Waals surface area contributed by atoms with E-state index in [0.29, 0.717) is 16.8 Å². The van der Waals surface area contributed by atoms with E-state index in [0.717, 1.165) is 5.56 Å². The fourth-order valence-electron chi connectivity index (χ4n) is 1.47. The molecule has 0 saturated heterocycles. The largest absolute Gasteiger partial charge is 0.365 e. The Labute approximate surface area is 116 Å². The molecule has 0 fully saturated rings. The number of hydrogen-bond acceptors (Lipinski definition) is 5. The number of anilines is 1. The van der Waals surface area contributed by atoms with Crippen LogP contribution in [0.3, 0.4) is 0 Å². The monoisotopic (exact) mass is 324 g/mol. The molecule has 0 aliphatic heterocycles. The summed E-state index contributed by atoms with van der Waals surface area (Å²) < 4.78 is 0.292. The van der Waals surface area contributed by atoms with E-state index in [1.54, 1.807) is 12.1 Å². The number of non-ortho nitro benzene ring substituents is 1. The molecule has 19 heavy (non-hydrogen) atoms. The highest BCUT2D eigenvalue weighted by Gasteiger charge is 2.07. The molecule has 0 aliphatic rings. The van der Waals surface area contributed by atoms with Crippen molar-refractivity contribution in [2.75, 3.05) is 5.32 Å². The minimum absolute atomic E-state index is 0.0252. The van der Waals surface area contributed by atoms with Crippen LogP contribution in [0.15, 0.2) is 39.9 Å². The van der Waals surface area contributed by atoms with Gasteiger partial charge in [-0.05, 0) is 21.5 Å². The van der Waals surface area contributed by atoms with Gasteiger partial charge in [-0.2, -0.15) is 0 Å². The van der Waals surface area contributed by atoms with Gasteiger partial charge >= 0.3 is 0 Å². The van der Waals surface area contributed by atoms with E-state index in [2.05, 4.69) is 31.2 Å². The lowest BCUT2D eigenvalue weighted by atomic mass is 10.2. The summed E-state index contributed by atoms with van der Waals surface area (Å²) in [5.74, 6) is 0.384. The van der Waals surface area contributed by atoms with Crippen LogP contribution >= 0.6 is 15.9 Å². The Balaban J connectivity index is 2.14. The topological polar surface area (TPSA) is 101 Å². The van der Waals surface area contributed by atoms with E-state index in [4.69, 9.17) is 0 Å². The van der Waals surface area contributed by atoms with Crippen molar-refractivity contribution in [2.45, 2.75) is 6.54 Å². The van der Waals surface area contributed by atoms with Crippen LogP contribution in [0.1, 0.15) is 5.56 Å². The zero-order chi connectivity index (χ0) is 13.8. The number of halogens is 1. The molecule has 0 radical (unpaired) electrons. The third-order valence-corrected chi connectivity index (χ3v) is 3.11. The van der Waals surface area contributed by atoms with Crippen molar-refractivity contribution in [1.82, 2.24) is 9.97 Å². The van der Waals surface area contributed by atoms with E-state index in [9.17, 15) is 14.9 Å². The summed E-state index contributed by atoms with van der Waals surface area (Å²) in [7, 11) is 0. The molecule has 2 N–H and O–H groups in total. The molecule has 7 nitrogen and oxygen atoms in total. The summed E-state index contributed by atoms with van der Waals surface area (Å²) in [4.78, 5) is 27.9. The molecule has 0 atom stereocenters. The summed E-state index contributed by atoms with van der Waals surface area (Å²) in [5, 5.41) is 13.6. The summed E-state index contributed by atoms with van der Waals surface area (Å²) >= 11 is 3.11. The Morgan fingerprint density at radius 3 is 3.00 bits per heavy atom. The molecule has 2 aromatic rings. The lowest BCUT2D eigenvalue weighted by molar-refractivity contribution is -0.384. The van der Waals surface area contributed by atoms with Crippen LogP contribution in [0.25, 0.3) is 0 Å². The first-order valence-electron chi connectivity index (χ1n) is 5.28. The first-order valence-corrected chi connectivity index (χ1v) is 6.07. The number of aromatic amines is 1. The second-order valence-electron chi connectivity index (χ2n) is 3.67. The Morgan fingerprint density at radius 2 is 2.26 bits per heavy atom. The van der Waals surface area contributed by atoms with Crippen LogP contribution in [0.4, 0.5) is 11.5 Å². The molecule has 8 heteroatoms. The number of H-pyrrole nitrogens is 1. The minimum Gasteiger partial charge on any atom is -0.365 e. The Hall–Kier alpha value is -2.22. The zero-order valence-corrected chi connectivity index (χ0v) is 11.2. The van der Waals surface area contributed by atoms with Gasteiger partial charge in [0.05, 0.1) is 11.3 Å². The van der Waals surface area contributed by atoms with E-state index in [1.807, 2.05) is 0 Å². The maximum absolute atomic E-state index is 11.3. The fourth-order valence-corrected chi connectivity index (χ4v) is 1.83. The molecule has 0 bridgehead atoms. The summed E-state index contributed by atoms with van der Waals surface area (Å²) in [6.07, 6.45) is 1.28. The highest BCUT2D eigenvalue weighted by molar-refractivity contribution is 9.10. The minimum atomic E-state index is -0.453. The van der Waals surface area contributed by atoms with Gasteiger partial charge in [0.25, 0.3) is 11.2 Å². The van der Waals surface area contributed by atoms with Gasteiger partial charge in [0.15, 0.2) is 0 Å². The quantitative estimate of drug-likeness (QED) is 0.662. The van der Waals surface area contributed by atoms with E-state index < -0.39 is 4.92 Å². The summed E-state index contributed by atoms with van der Waals surface area (Å²) in [6.45, 7) is 0.330. The van der Waals surface area contributed by atoms with Gasteiger partial charge < -0.3 is 10.3 Å². The molecule has 0 amide bonds. The number of benzene rings is 1. The van der Waals surface area contributed by atoms with E-state index in [1.165, 1.54) is 18.5 Å². The fraction of sp³-hybridized carbons (Fsp3) is 0.0909. The van der Waals surface area contributed by atoms with Crippen LogP contribution in [-0.4, -0.2) is 14.9 Å². The van der Waals surface area contributed by atoms with Crippen LogP contribution in [0.2, 0.25) is 0 Å². The second-order valence-corrected chi connectivity index (χ2v) is 4.47. The lowest BCUT2D eigenvalue weighted by Gasteiger charge is -2.06. The smallest absolute Gasteiger partial charge is 0.269 e. The van der Waals surface area contributed by atoms with Crippen molar-refractivity contribution in [2.24, 2.45) is 0 Å². The van der Waals surface area contributed by atoms with Crippen LogP contribution in [0.5, 0.6) is 0 Å². The Morgan fingerprint density at radius 1 is 1.47 bits per heavy atom. The van der Waals surface area contributed by atoms with Gasteiger partial charge in [-0.15, -0.1) is 0 Å². The third kappa shape index (κ3) is 3.16. The first kappa shape index (κ1) is 13.2. The zero-order valence-electron chi connectivity index (χ0n) is 9.59. The molecular weight excluding hydrogens is 316 g/mol. The van der Waals surface area contributed by atoms with Gasteiger partial charge in [0, 0.05) is 18.7 Å². The van der Waals surface area contributed by atoms with Crippen molar-refractivity contribution >= 4 is 27.4 Å². The molecule has 0 saturated carbocycles. The number of hydrogen-bond donors (Lipinski definition) is 2. The standard InChI is InChI=1S/C11H9BrN4O3/c12-9-10(14-6-15-11(9)17)13-5-7-2-1-3-8(4-7)16(18)19/h1-4,6H,5H2,(H2,13,14,15,17). The molecule has 1 aromatic heterocycles. The number of aromatic nitrogens is 2. The van der Waals surface area contributed by atoms with E-state index in [-0.39, 0.29) is 11.2 Å². The number of nitrogens with zero attached hydrogens (tertiary/aromatic N) is 2. The van der Waals surface area contributed by atoms with Gasteiger partial charge in [-0.3, -0.25) is 14.9 Å². The second kappa shape index (κ2) is 5.61. The maximum Gasteiger partial charge on any atom is 0.269 e. The average Bonchev–Trinajstić information content (AvgIpc) is 2.41. The number of rotatable bonds is 4. The van der Waals surface area contributed by atoms with Crippen molar-refractivity contribution in [3.63, 3.8) is 0 Å². The van der Waals surface area contributed by atoms with Gasteiger partial charge in [0.1, 0.15) is 10.3 Å². The van der Waals surface area contributed by atoms with E-state index >= 15 is 0 Å². The van der Waals surface area contributed by atoms with Crippen molar-refractivity contribution in [3.8, 4) is 0 Å². The van der Waals surface area contributed by atoms with Gasteiger partial charge in [0.2, 0.25) is 0 Å². The summed E-state index contributed by atoms with van der Waals surface area (Å²) in [6, 6.07) is 6.25. The SMILES string of the molecule is O=c1[nH]cnc(NCc2cccc([N+](=O)[O-])c2)c1Br. The summed E-state index contributed by atoms with van der Waals surface area (Å²) in [5.41, 5.74) is 0.456. The number of nitro benzene ring substituents is 1. The molecule has 2 rings (SSSR count). The molecule has 0 spiro atoms. The highest BCUT2D eigenvalue weighted by Crippen LogP contribution is 2.17. The molecule has 0 unspecified atom stereocenters. The first-order chi connectivity index (χ1) is 9.08. The van der Waals surface area contributed by atoms with Crippen molar-refractivity contribution < 1.29 is 4.92 Å². The average molecular weight is 325 g/mol. The Kier molecular flexibility index (Phi) is 3.91. The van der Waals surface area contributed by atoms with Crippen molar-refractivity contribution in [1.29, 1.82) is 0 Å². The van der Waals surface area contributed by atoms with Crippen molar-refractivity contribution in [3.05, 3.63) is 61.1 Å². The predicted molar refractivity (Wildman–Crippen MR) is 73.0 cm³/mol.